The molecule has 1 N–H and O–H groups in total. The molecule has 0 atom stereocenters. The van der Waals surface area contributed by atoms with Gasteiger partial charge in [0.1, 0.15) is 12.1 Å². The van der Waals surface area contributed by atoms with Crippen LogP contribution in [0.3, 0.4) is 0 Å². The summed E-state index contributed by atoms with van der Waals surface area (Å²) in [4.78, 5) is 19.8. The van der Waals surface area contributed by atoms with Gasteiger partial charge in [-0.1, -0.05) is 6.07 Å². The maximum Gasteiger partial charge on any atom is 0.240 e. The van der Waals surface area contributed by atoms with Gasteiger partial charge in [-0.15, -0.1) is 11.3 Å². The predicted molar refractivity (Wildman–Crippen MR) is 68.9 cm³/mol. The van der Waals surface area contributed by atoms with E-state index in [0.717, 1.165) is 17.0 Å². The number of hydrogen-bond acceptors (Lipinski definition) is 5. The number of aryl methyl sites for hydroxylation is 1. The van der Waals surface area contributed by atoms with Crippen LogP contribution in [0.15, 0.2) is 23.7 Å². The van der Waals surface area contributed by atoms with Crippen molar-refractivity contribution in [2.75, 3.05) is 5.32 Å². The number of carbonyl (C=O) groups is 1. The molecular formula is C12H10N4OS. The number of carbonyl (C=O) groups excluding carboxylic acids is 1. The zero-order valence-electron chi connectivity index (χ0n) is 9.67. The fourth-order valence-corrected chi connectivity index (χ4v) is 2.14. The molecular weight excluding hydrogens is 248 g/mol. The van der Waals surface area contributed by atoms with Crippen LogP contribution in [-0.2, 0) is 4.79 Å². The van der Waals surface area contributed by atoms with Crippen LogP contribution in [0, 0.1) is 18.3 Å². The zero-order valence-corrected chi connectivity index (χ0v) is 10.5. The number of nitriles is 1. The van der Waals surface area contributed by atoms with Crippen molar-refractivity contribution >= 4 is 22.4 Å². The number of pyridine rings is 1. The topological polar surface area (TPSA) is 78.7 Å². The number of hydrogen-bond donors (Lipinski definition) is 1. The van der Waals surface area contributed by atoms with Crippen molar-refractivity contribution in [2.45, 2.75) is 13.3 Å². The fraction of sp³-hybridized carbons (Fsp3) is 0.167. The van der Waals surface area contributed by atoms with E-state index in [2.05, 4.69) is 15.3 Å². The van der Waals surface area contributed by atoms with Crippen LogP contribution in [0.4, 0.5) is 5.13 Å². The number of thiazole rings is 1. The van der Waals surface area contributed by atoms with Gasteiger partial charge >= 0.3 is 0 Å². The summed E-state index contributed by atoms with van der Waals surface area (Å²) in [6.45, 7) is 1.95. The molecule has 1 amide bonds. The Morgan fingerprint density at radius 1 is 1.61 bits per heavy atom. The van der Waals surface area contributed by atoms with E-state index in [0.29, 0.717) is 5.13 Å². The molecule has 0 unspecified atom stereocenters. The van der Waals surface area contributed by atoms with E-state index < -0.39 is 0 Å². The molecule has 0 fully saturated rings. The molecule has 0 aliphatic rings. The highest BCUT2D eigenvalue weighted by molar-refractivity contribution is 7.14. The number of nitrogens with one attached hydrogen (secondary N) is 1. The van der Waals surface area contributed by atoms with Crippen molar-refractivity contribution in [1.82, 2.24) is 9.97 Å². The van der Waals surface area contributed by atoms with Gasteiger partial charge in [0.2, 0.25) is 5.91 Å². The van der Waals surface area contributed by atoms with Gasteiger partial charge in [0.15, 0.2) is 5.13 Å². The summed E-state index contributed by atoms with van der Waals surface area (Å²) in [6, 6.07) is 5.60. The van der Waals surface area contributed by atoms with Gasteiger partial charge in [0, 0.05) is 11.6 Å². The molecule has 0 spiro atoms. The Morgan fingerprint density at radius 2 is 2.44 bits per heavy atom. The molecule has 2 heterocycles. The standard InChI is InChI=1S/C12H10N4OS/c1-8-3-2-6-14-11(8)9-7-18-12(15-9)16-10(17)4-5-13/h2-3,6-7H,4H2,1H3,(H,15,16,17). The number of nitrogens with zero attached hydrogens (tertiary/aromatic N) is 3. The molecule has 18 heavy (non-hydrogen) atoms. The van der Waals surface area contributed by atoms with Crippen LogP contribution in [0.2, 0.25) is 0 Å². The monoisotopic (exact) mass is 258 g/mol. The second-order valence-electron chi connectivity index (χ2n) is 3.59. The molecule has 0 radical (unpaired) electrons. The molecule has 90 valence electrons. The van der Waals surface area contributed by atoms with E-state index in [1.807, 2.05) is 24.4 Å². The average Bonchev–Trinajstić information content (AvgIpc) is 2.78. The Labute approximate surface area is 108 Å². The molecule has 0 saturated carbocycles. The molecule has 5 nitrogen and oxygen atoms in total. The fourth-order valence-electron chi connectivity index (χ4n) is 1.43. The lowest BCUT2D eigenvalue weighted by Gasteiger charge is -1.99. The highest BCUT2D eigenvalue weighted by Gasteiger charge is 2.09. The smallest absolute Gasteiger partial charge is 0.240 e. The van der Waals surface area contributed by atoms with Gasteiger partial charge in [0.05, 0.1) is 11.8 Å². The Kier molecular flexibility index (Phi) is 3.65. The van der Waals surface area contributed by atoms with Gasteiger partial charge in [-0.05, 0) is 18.6 Å². The minimum absolute atomic E-state index is 0.169. The minimum atomic E-state index is -0.351. The summed E-state index contributed by atoms with van der Waals surface area (Å²) < 4.78 is 0. The van der Waals surface area contributed by atoms with Crippen LogP contribution in [0.25, 0.3) is 11.4 Å². The van der Waals surface area contributed by atoms with E-state index >= 15 is 0 Å². The van der Waals surface area contributed by atoms with Crippen LogP contribution >= 0.6 is 11.3 Å². The largest absolute Gasteiger partial charge is 0.301 e. The summed E-state index contributed by atoms with van der Waals surface area (Å²) in [5.74, 6) is -0.351. The third-order valence-corrected chi connectivity index (χ3v) is 3.00. The summed E-state index contributed by atoms with van der Waals surface area (Å²) >= 11 is 1.31. The molecule has 0 aromatic carbocycles. The highest BCUT2D eigenvalue weighted by Crippen LogP contribution is 2.25. The first-order chi connectivity index (χ1) is 8.70. The third-order valence-electron chi connectivity index (χ3n) is 2.24. The van der Waals surface area contributed by atoms with Crippen molar-refractivity contribution in [3.8, 4) is 17.5 Å². The lowest BCUT2D eigenvalue weighted by atomic mass is 10.2. The second kappa shape index (κ2) is 5.38. The Morgan fingerprint density at radius 3 is 3.17 bits per heavy atom. The number of amides is 1. The van der Waals surface area contributed by atoms with Crippen molar-refractivity contribution in [3.63, 3.8) is 0 Å². The van der Waals surface area contributed by atoms with Crippen LogP contribution < -0.4 is 5.32 Å². The Hall–Kier alpha value is -2.26. The number of rotatable bonds is 3. The molecule has 0 bridgehead atoms. The van der Waals surface area contributed by atoms with Gasteiger partial charge < -0.3 is 5.32 Å². The quantitative estimate of drug-likeness (QED) is 0.916. The van der Waals surface area contributed by atoms with E-state index in [4.69, 9.17) is 5.26 Å². The lowest BCUT2D eigenvalue weighted by Crippen LogP contribution is -2.09. The SMILES string of the molecule is Cc1cccnc1-c1csc(NC(=O)CC#N)n1. The maximum atomic E-state index is 11.2. The van der Waals surface area contributed by atoms with E-state index in [1.54, 1.807) is 12.3 Å². The van der Waals surface area contributed by atoms with Crippen molar-refractivity contribution in [3.05, 3.63) is 29.3 Å². The Balaban J connectivity index is 2.19. The van der Waals surface area contributed by atoms with Gasteiger partial charge in [-0.2, -0.15) is 5.26 Å². The summed E-state index contributed by atoms with van der Waals surface area (Å²) in [5, 5.41) is 13.3. The summed E-state index contributed by atoms with van der Waals surface area (Å²) in [7, 11) is 0. The van der Waals surface area contributed by atoms with Crippen LogP contribution in [-0.4, -0.2) is 15.9 Å². The van der Waals surface area contributed by atoms with E-state index in [-0.39, 0.29) is 12.3 Å². The zero-order chi connectivity index (χ0) is 13.0. The number of aromatic nitrogens is 2. The van der Waals surface area contributed by atoms with Gasteiger partial charge in [-0.3, -0.25) is 9.78 Å². The average molecular weight is 258 g/mol. The first kappa shape index (κ1) is 12.2. The molecule has 2 rings (SSSR count). The van der Waals surface area contributed by atoms with Gasteiger partial charge in [-0.25, -0.2) is 4.98 Å². The third kappa shape index (κ3) is 2.70. The van der Waals surface area contributed by atoms with Crippen molar-refractivity contribution in [1.29, 1.82) is 5.26 Å². The molecule has 6 heteroatoms. The van der Waals surface area contributed by atoms with E-state index in [1.165, 1.54) is 11.3 Å². The molecule has 0 aliphatic heterocycles. The van der Waals surface area contributed by atoms with Crippen molar-refractivity contribution < 1.29 is 4.79 Å². The normalized spacial score (nSPS) is 9.78. The van der Waals surface area contributed by atoms with Crippen LogP contribution in [0.5, 0.6) is 0 Å². The first-order valence-corrected chi connectivity index (χ1v) is 6.13. The molecule has 2 aromatic rings. The maximum absolute atomic E-state index is 11.2. The van der Waals surface area contributed by atoms with Gasteiger partial charge in [0.25, 0.3) is 0 Å². The molecule has 2 aromatic heterocycles. The Bertz CT molecular complexity index is 615. The first-order valence-electron chi connectivity index (χ1n) is 5.25. The summed E-state index contributed by atoms with van der Waals surface area (Å²) in [6.07, 6.45) is 1.53. The minimum Gasteiger partial charge on any atom is -0.301 e. The molecule has 0 aliphatic carbocycles. The van der Waals surface area contributed by atoms with E-state index in [9.17, 15) is 4.79 Å². The summed E-state index contributed by atoms with van der Waals surface area (Å²) in [5.41, 5.74) is 2.55. The molecule has 0 saturated heterocycles. The number of anilines is 1. The predicted octanol–water partition coefficient (Wildman–Crippen LogP) is 2.37. The highest BCUT2D eigenvalue weighted by atomic mass is 32.1. The second-order valence-corrected chi connectivity index (χ2v) is 4.45. The van der Waals surface area contributed by atoms with Crippen LogP contribution in [0.1, 0.15) is 12.0 Å². The lowest BCUT2D eigenvalue weighted by molar-refractivity contribution is -0.115. The van der Waals surface area contributed by atoms with Crippen molar-refractivity contribution in [2.24, 2.45) is 0 Å².